The van der Waals surface area contributed by atoms with E-state index in [1.54, 1.807) is 0 Å². The number of hydrogen-bond acceptors (Lipinski definition) is 3. The third-order valence-corrected chi connectivity index (χ3v) is 1.21. The molecule has 0 aliphatic carbocycles. The van der Waals surface area contributed by atoms with Gasteiger partial charge in [0.05, 0.1) is 5.69 Å². The van der Waals surface area contributed by atoms with E-state index in [1.165, 1.54) is 24.5 Å². The van der Waals surface area contributed by atoms with Crippen molar-refractivity contribution in [3.8, 4) is 0 Å². The number of pyridine rings is 1. The summed E-state index contributed by atoms with van der Waals surface area (Å²) in [4.78, 5) is 3.56. The van der Waals surface area contributed by atoms with Gasteiger partial charge in [0.15, 0.2) is 0 Å². The van der Waals surface area contributed by atoms with Gasteiger partial charge in [0, 0.05) is 12.4 Å². The Bertz CT molecular complexity index is 246. The zero-order chi connectivity index (χ0) is 9.19. The molecule has 0 radical (unpaired) electrons. The quantitative estimate of drug-likeness (QED) is 0.399. The summed E-state index contributed by atoms with van der Waals surface area (Å²) in [6.07, 6.45) is -2.08. The Hall–Kier alpha value is -1.30. The summed E-state index contributed by atoms with van der Waals surface area (Å²) in [5, 5.41) is -0.269. The zero-order valence-corrected chi connectivity index (χ0v) is 5.92. The fourth-order valence-electron chi connectivity index (χ4n) is 0.651. The Labute approximate surface area is 66.6 Å². The number of hydrazine groups is 1. The SMILES string of the molecule is NN(c1ccncc1)C(F)(F)F. The van der Waals surface area contributed by atoms with Crippen LogP contribution in [0.2, 0.25) is 0 Å². The van der Waals surface area contributed by atoms with Gasteiger partial charge >= 0.3 is 6.30 Å². The molecule has 0 aliphatic rings. The molecule has 0 unspecified atom stereocenters. The van der Waals surface area contributed by atoms with Crippen LogP contribution in [0.5, 0.6) is 0 Å². The second-order valence-electron chi connectivity index (χ2n) is 2.04. The molecule has 1 aromatic rings. The van der Waals surface area contributed by atoms with E-state index in [9.17, 15) is 13.2 Å². The van der Waals surface area contributed by atoms with Crippen molar-refractivity contribution in [2.24, 2.45) is 5.84 Å². The number of alkyl halides is 3. The van der Waals surface area contributed by atoms with Gasteiger partial charge in [-0.05, 0) is 12.1 Å². The van der Waals surface area contributed by atoms with Crippen LogP contribution in [0.15, 0.2) is 24.5 Å². The molecule has 12 heavy (non-hydrogen) atoms. The average Bonchev–Trinajstić information content (AvgIpc) is 2.03. The van der Waals surface area contributed by atoms with E-state index in [2.05, 4.69) is 4.98 Å². The molecule has 2 N–H and O–H groups in total. The molecule has 3 nitrogen and oxygen atoms in total. The number of aromatic nitrogens is 1. The van der Waals surface area contributed by atoms with Gasteiger partial charge in [0.1, 0.15) is 0 Å². The van der Waals surface area contributed by atoms with E-state index in [0.29, 0.717) is 0 Å². The highest BCUT2D eigenvalue weighted by molar-refractivity contribution is 5.43. The second kappa shape index (κ2) is 2.98. The summed E-state index contributed by atoms with van der Waals surface area (Å²) >= 11 is 0. The average molecular weight is 177 g/mol. The molecule has 0 fully saturated rings. The van der Waals surface area contributed by atoms with Crippen LogP contribution >= 0.6 is 0 Å². The van der Waals surface area contributed by atoms with Gasteiger partial charge in [-0.1, -0.05) is 0 Å². The molecule has 0 spiro atoms. The number of rotatable bonds is 1. The van der Waals surface area contributed by atoms with Gasteiger partial charge in [0.2, 0.25) is 0 Å². The molecule has 0 saturated heterocycles. The minimum absolute atomic E-state index is 0.141. The molecule has 1 aromatic heterocycles. The summed E-state index contributed by atoms with van der Waals surface area (Å²) in [7, 11) is 0. The largest absolute Gasteiger partial charge is 0.498 e. The zero-order valence-electron chi connectivity index (χ0n) is 5.92. The van der Waals surface area contributed by atoms with Crippen molar-refractivity contribution >= 4 is 5.69 Å². The van der Waals surface area contributed by atoms with Crippen molar-refractivity contribution < 1.29 is 13.2 Å². The Morgan fingerprint density at radius 2 is 1.75 bits per heavy atom. The first-order chi connectivity index (χ1) is 5.52. The molecular weight excluding hydrogens is 171 g/mol. The van der Waals surface area contributed by atoms with Gasteiger partial charge in [-0.3, -0.25) is 4.98 Å². The van der Waals surface area contributed by atoms with E-state index in [4.69, 9.17) is 5.84 Å². The summed E-state index contributed by atoms with van der Waals surface area (Å²) in [6, 6.07) is 2.35. The van der Waals surface area contributed by atoms with E-state index < -0.39 is 6.30 Å². The Kier molecular flexibility index (Phi) is 2.18. The molecule has 1 rings (SSSR count). The number of nitrogens with two attached hydrogens (primary N) is 1. The molecule has 0 amide bonds. The van der Waals surface area contributed by atoms with Crippen molar-refractivity contribution in [3.05, 3.63) is 24.5 Å². The molecule has 0 aliphatic heterocycles. The van der Waals surface area contributed by atoms with Crippen LogP contribution in [-0.2, 0) is 0 Å². The fourth-order valence-corrected chi connectivity index (χ4v) is 0.651. The smallest absolute Gasteiger partial charge is 0.265 e. The monoisotopic (exact) mass is 177 g/mol. The highest BCUT2D eigenvalue weighted by Crippen LogP contribution is 2.23. The maximum atomic E-state index is 11.9. The third kappa shape index (κ3) is 1.85. The Morgan fingerprint density at radius 3 is 2.17 bits per heavy atom. The van der Waals surface area contributed by atoms with Crippen molar-refractivity contribution in [1.82, 2.24) is 4.98 Å². The Morgan fingerprint density at radius 1 is 1.25 bits per heavy atom. The number of nitrogens with zero attached hydrogens (tertiary/aromatic N) is 2. The lowest BCUT2D eigenvalue weighted by atomic mass is 10.4. The molecule has 66 valence electrons. The molecule has 0 saturated carbocycles. The van der Waals surface area contributed by atoms with Crippen molar-refractivity contribution in [2.45, 2.75) is 6.30 Å². The predicted octanol–water partition coefficient (Wildman–Crippen LogP) is 1.28. The van der Waals surface area contributed by atoms with E-state index in [1.807, 2.05) is 0 Å². The fraction of sp³-hybridized carbons (Fsp3) is 0.167. The maximum absolute atomic E-state index is 11.9. The van der Waals surface area contributed by atoms with E-state index >= 15 is 0 Å². The minimum atomic E-state index is -4.55. The van der Waals surface area contributed by atoms with Crippen LogP contribution in [0, 0.1) is 0 Å². The summed E-state index contributed by atoms with van der Waals surface area (Å²) in [6.45, 7) is 0. The third-order valence-electron chi connectivity index (χ3n) is 1.21. The van der Waals surface area contributed by atoms with Crippen molar-refractivity contribution in [2.75, 3.05) is 5.01 Å². The minimum Gasteiger partial charge on any atom is -0.265 e. The van der Waals surface area contributed by atoms with Gasteiger partial charge in [-0.15, -0.1) is 13.2 Å². The number of hydrogen-bond donors (Lipinski definition) is 1. The van der Waals surface area contributed by atoms with Crippen LogP contribution in [-0.4, -0.2) is 11.3 Å². The van der Waals surface area contributed by atoms with Gasteiger partial charge < -0.3 is 0 Å². The lowest BCUT2D eigenvalue weighted by Crippen LogP contribution is -2.43. The van der Waals surface area contributed by atoms with Crippen LogP contribution in [0.3, 0.4) is 0 Å². The van der Waals surface area contributed by atoms with Crippen molar-refractivity contribution in [1.29, 1.82) is 0 Å². The first kappa shape index (κ1) is 8.79. The highest BCUT2D eigenvalue weighted by Gasteiger charge is 2.35. The molecule has 6 heteroatoms. The van der Waals surface area contributed by atoms with Gasteiger partial charge in [0.25, 0.3) is 0 Å². The van der Waals surface area contributed by atoms with Crippen LogP contribution in [0.25, 0.3) is 0 Å². The standard InChI is InChI=1S/C6H6F3N3/c7-6(8,9)12(10)5-1-3-11-4-2-5/h1-4H,10H2. The first-order valence-corrected chi connectivity index (χ1v) is 3.03. The Balaban J connectivity index is 2.86. The van der Waals surface area contributed by atoms with Crippen LogP contribution in [0.4, 0.5) is 18.9 Å². The lowest BCUT2D eigenvalue weighted by Gasteiger charge is -2.20. The molecule has 0 atom stereocenters. The van der Waals surface area contributed by atoms with E-state index in [0.717, 1.165) is 0 Å². The predicted molar refractivity (Wildman–Crippen MR) is 37.0 cm³/mol. The van der Waals surface area contributed by atoms with Gasteiger partial charge in [-0.2, -0.15) is 0 Å². The maximum Gasteiger partial charge on any atom is 0.498 e. The first-order valence-electron chi connectivity index (χ1n) is 3.03. The lowest BCUT2D eigenvalue weighted by molar-refractivity contribution is -0.129. The number of halogens is 3. The molecule has 0 bridgehead atoms. The van der Waals surface area contributed by atoms with Gasteiger partial charge in [-0.25, -0.2) is 10.9 Å². The molecule has 0 aromatic carbocycles. The highest BCUT2D eigenvalue weighted by atomic mass is 19.4. The van der Waals surface area contributed by atoms with Crippen LogP contribution < -0.4 is 10.9 Å². The molecule has 1 heterocycles. The molecular formula is C6H6F3N3. The summed E-state index contributed by atoms with van der Waals surface area (Å²) in [5.74, 6) is 4.75. The second-order valence-corrected chi connectivity index (χ2v) is 2.04. The van der Waals surface area contributed by atoms with Crippen molar-refractivity contribution in [3.63, 3.8) is 0 Å². The van der Waals surface area contributed by atoms with Crippen LogP contribution in [0.1, 0.15) is 0 Å². The summed E-state index contributed by atoms with van der Waals surface area (Å²) < 4.78 is 35.7. The number of anilines is 1. The normalized spacial score (nSPS) is 11.3. The topological polar surface area (TPSA) is 42.1 Å². The van der Waals surface area contributed by atoms with E-state index in [-0.39, 0.29) is 10.7 Å². The summed E-state index contributed by atoms with van der Waals surface area (Å²) in [5.41, 5.74) is -0.141.